The van der Waals surface area contributed by atoms with Gasteiger partial charge in [0.15, 0.2) is 12.6 Å². The fraction of sp³-hybridized carbons (Fsp3) is 0.579. The van der Waals surface area contributed by atoms with E-state index in [1.54, 1.807) is 0 Å². The van der Waals surface area contributed by atoms with Gasteiger partial charge in [0.2, 0.25) is 0 Å². The van der Waals surface area contributed by atoms with Crippen LogP contribution in [0.5, 0.6) is 5.75 Å². The normalized spacial score (nSPS) is 14.3. The van der Waals surface area contributed by atoms with Gasteiger partial charge in [-0.25, -0.2) is 0 Å². The van der Waals surface area contributed by atoms with Crippen molar-refractivity contribution in [1.29, 1.82) is 0 Å². The topological polar surface area (TPSA) is 74.8 Å². The van der Waals surface area contributed by atoms with E-state index < -0.39 is 0 Å². The Kier molecular flexibility index (Phi) is 7.57. The van der Waals surface area contributed by atoms with Gasteiger partial charge in [-0.05, 0) is 57.7 Å². The first kappa shape index (κ1) is 19.1. The third kappa shape index (κ3) is 7.92. The van der Waals surface area contributed by atoms with E-state index in [2.05, 4.69) is 41.7 Å². The average Bonchev–Trinajstić information content (AvgIpc) is 3.38. The Morgan fingerprint density at radius 1 is 1.28 bits per heavy atom. The molecular formula is C19H30N4O2. The minimum Gasteiger partial charge on any atom is -0.484 e. The van der Waals surface area contributed by atoms with Gasteiger partial charge in [-0.1, -0.05) is 12.1 Å². The quantitative estimate of drug-likeness (QED) is 0.471. The zero-order chi connectivity index (χ0) is 18.1. The Bertz CT molecular complexity index is 565. The molecule has 0 saturated heterocycles. The summed E-state index contributed by atoms with van der Waals surface area (Å²) in [6, 6.07) is 8.57. The van der Waals surface area contributed by atoms with Crippen molar-refractivity contribution in [3.05, 3.63) is 29.8 Å². The van der Waals surface area contributed by atoms with Crippen molar-refractivity contribution in [2.75, 3.05) is 19.7 Å². The highest BCUT2D eigenvalue weighted by Crippen LogP contribution is 2.18. The molecule has 0 spiro atoms. The van der Waals surface area contributed by atoms with Crippen LogP contribution in [0.4, 0.5) is 0 Å². The maximum atomic E-state index is 11.6. The number of hydrogen-bond donors (Lipinski definition) is 3. The number of aliphatic imine (C=N–C) groups is 1. The smallest absolute Gasteiger partial charge is 0.258 e. The molecule has 3 N–H and O–H groups in total. The third-order valence-corrected chi connectivity index (χ3v) is 3.68. The van der Waals surface area contributed by atoms with Gasteiger partial charge in [0, 0.05) is 25.2 Å². The fourth-order valence-corrected chi connectivity index (χ4v) is 2.29. The maximum absolute atomic E-state index is 11.6. The summed E-state index contributed by atoms with van der Waals surface area (Å²) < 4.78 is 5.51. The molecule has 0 bridgehead atoms. The van der Waals surface area contributed by atoms with Gasteiger partial charge in [-0.3, -0.25) is 9.79 Å². The highest BCUT2D eigenvalue weighted by molar-refractivity contribution is 5.80. The number of nitrogens with zero attached hydrogens (tertiary/aromatic N) is 1. The largest absolute Gasteiger partial charge is 0.484 e. The first-order valence-corrected chi connectivity index (χ1v) is 9.12. The molecule has 0 radical (unpaired) electrons. The molecule has 1 aromatic carbocycles. The summed E-state index contributed by atoms with van der Waals surface area (Å²) in [6.45, 7) is 7.88. The van der Waals surface area contributed by atoms with E-state index in [0.717, 1.165) is 31.8 Å². The molecule has 2 rings (SSSR count). The van der Waals surface area contributed by atoms with E-state index in [4.69, 9.17) is 4.74 Å². The summed E-state index contributed by atoms with van der Waals surface area (Å²) in [5.41, 5.74) is 1.19. The Hall–Kier alpha value is -2.24. The number of guanidine groups is 1. The zero-order valence-electron chi connectivity index (χ0n) is 15.5. The van der Waals surface area contributed by atoms with Gasteiger partial charge in [0.1, 0.15) is 5.75 Å². The number of benzene rings is 1. The first-order valence-electron chi connectivity index (χ1n) is 9.12. The van der Waals surface area contributed by atoms with Crippen LogP contribution in [0.1, 0.15) is 39.2 Å². The van der Waals surface area contributed by atoms with Gasteiger partial charge in [-0.2, -0.15) is 0 Å². The molecule has 0 heterocycles. The standard InChI is InChI=1S/C19H30N4O2/c1-4-20-19(22-14(2)3)21-12-11-15-5-9-17(10-6-15)25-13-18(24)23-16-7-8-16/h5-6,9-10,14,16H,4,7-8,11-13H2,1-3H3,(H,23,24)(H2,20,21,22). The van der Waals surface area contributed by atoms with E-state index >= 15 is 0 Å². The number of amides is 1. The fourth-order valence-electron chi connectivity index (χ4n) is 2.29. The summed E-state index contributed by atoms with van der Waals surface area (Å²) in [5, 5.41) is 9.44. The minimum absolute atomic E-state index is 0.0467. The lowest BCUT2D eigenvalue weighted by atomic mass is 10.1. The van der Waals surface area contributed by atoms with Gasteiger partial charge in [0.05, 0.1) is 0 Å². The summed E-state index contributed by atoms with van der Waals surface area (Å²) in [5.74, 6) is 1.52. The number of ether oxygens (including phenoxy) is 1. The highest BCUT2D eigenvalue weighted by atomic mass is 16.5. The zero-order valence-corrected chi connectivity index (χ0v) is 15.5. The number of hydrogen-bond acceptors (Lipinski definition) is 3. The molecule has 1 aromatic rings. The predicted molar refractivity (Wildman–Crippen MR) is 101 cm³/mol. The van der Waals surface area contributed by atoms with Crippen LogP contribution in [0.3, 0.4) is 0 Å². The molecule has 138 valence electrons. The Balaban J connectivity index is 1.74. The minimum atomic E-state index is -0.0467. The lowest BCUT2D eigenvalue weighted by molar-refractivity contribution is -0.123. The summed E-state index contributed by atoms with van der Waals surface area (Å²) in [6.07, 6.45) is 3.04. The number of carbonyl (C=O) groups excluding carboxylic acids is 1. The molecular weight excluding hydrogens is 316 g/mol. The lowest BCUT2D eigenvalue weighted by Crippen LogP contribution is -2.41. The second kappa shape index (κ2) is 9.91. The van der Waals surface area contributed by atoms with Crippen molar-refractivity contribution in [3.8, 4) is 5.75 Å². The molecule has 6 nitrogen and oxygen atoms in total. The van der Waals surface area contributed by atoms with Crippen molar-refractivity contribution >= 4 is 11.9 Å². The van der Waals surface area contributed by atoms with Crippen LogP contribution in [0, 0.1) is 0 Å². The van der Waals surface area contributed by atoms with Crippen LogP contribution in [0.25, 0.3) is 0 Å². The second-order valence-electron chi connectivity index (χ2n) is 6.58. The van der Waals surface area contributed by atoms with Crippen molar-refractivity contribution in [2.24, 2.45) is 4.99 Å². The molecule has 0 atom stereocenters. The van der Waals surface area contributed by atoms with Gasteiger partial charge in [0.25, 0.3) is 5.91 Å². The Morgan fingerprint density at radius 2 is 2.00 bits per heavy atom. The van der Waals surface area contributed by atoms with E-state index in [-0.39, 0.29) is 12.5 Å². The lowest BCUT2D eigenvalue weighted by Gasteiger charge is -2.13. The first-order chi connectivity index (χ1) is 12.1. The van der Waals surface area contributed by atoms with Gasteiger partial charge in [-0.15, -0.1) is 0 Å². The molecule has 1 aliphatic rings. The molecule has 0 unspecified atom stereocenters. The van der Waals surface area contributed by atoms with E-state index in [1.807, 2.05) is 24.3 Å². The van der Waals surface area contributed by atoms with Crippen molar-refractivity contribution < 1.29 is 9.53 Å². The number of rotatable bonds is 9. The van der Waals surface area contributed by atoms with Crippen LogP contribution < -0.4 is 20.7 Å². The second-order valence-corrected chi connectivity index (χ2v) is 6.58. The van der Waals surface area contributed by atoms with Crippen LogP contribution in [-0.2, 0) is 11.2 Å². The van der Waals surface area contributed by atoms with Gasteiger partial charge < -0.3 is 20.7 Å². The molecule has 0 aliphatic heterocycles. The molecule has 0 aromatic heterocycles. The Labute approximate surface area is 150 Å². The van der Waals surface area contributed by atoms with E-state index in [9.17, 15) is 4.79 Å². The summed E-state index contributed by atoms with van der Waals surface area (Å²) in [4.78, 5) is 16.2. The summed E-state index contributed by atoms with van der Waals surface area (Å²) in [7, 11) is 0. The Morgan fingerprint density at radius 3 is 2.60 bits per heavy atom. The maximum Gasteiger partial charge on any atom is 0.258 e. The van der Waals surface area contributed by atoms with Crippen molar-refractivity contribution in [1.82, 2.24) is 16.0 Å². The molecule has 6 heteroatoms. The van der Waals surface area contributed by atoms with Crippen LogP contribution in [-0.4, -0.2) is 43.6 Å². The van der Waals surface area contributed by atoms with Crippen LogP contribution in [0.15, 0.2) is 29.3 Å². The SMILES string of the molecule is CCNC(=NCCc1ccc(OCC(=O)NC2CC2)cc1)NC(C)C. The van der Waals surface area contributed by atoms with E-state index in [1.165, 1.54) is 5.56 Å². The molecule has 1 amide bonds. The number of carbonyl (C=O) groups is 1. The monoisotopic (exact) mass is 346 g/mol. The summed E-state index contributed by atoms with van der Waals surface area (Å²) >= 11 is 0. The van der Waals surface area contributed by atoms with Crippen molar-refractivity contribution in [3.63, 3.8) is 0 Å². The predicted octanol–water partition coefficient (Wildman–Crippen LogP) is 1.85. The highest BCUT2D eigenvalue weighted by Gasteiger charge is 2.23. The van der Waals surface area contributed by atoms with Crippen LogP contribution >= 0.6 is 0 Å². The molecule has 1 aliphatic carbocycles. The van der Waals surface area contributed by atoms with Crippen LogP contribution in [0.2, 0.25) is 0 Å². The number of nitrogens with one attached hydrogen (secondary N) is 3. The third-order valence-electron chi connectivity index (χ3n) is 3.68. The molecule has 25 heavy (non-hydrogen) atoms. The van der Waals surface area contributed by atoms with E-state index in [0.29, 0.717) is 24.4 Å². The molecule has 1 saturated carbocycles. The molecule has 1 fully saturated rings. The average molecular weight is 346 g/mol. The van der Waals surface area contributed by atoms with Gasteiger partial charge >= 0.3 is 0 Å². The van der Waals surface area contributed by atoms with Crippen molar-refractivity contribution in [2.45, 2.75) is 52.1 Å².